The quantitative estimate of drug-likeness (QED) is 0.527. The van der Waals surface area contributed by atoms with Crippen molar-refractivity contribution in [3.8, 4) is 22.4 Å². The van der Waals surface area contributed by atoms with Gasteiger partial charge in [0.05, 0.1) is 13.2 Å². The molecule has 0 saturated carbocycles. The molecule has 0 aliphatic carbocycles. The summed E-state index contributed by atoms with van der Waals surface area (Å²) >= 11 is 0. The fourth-order valence-electron chi connectivity index (χ4n) is 3.98. The molecule has 6 nitrogen and oxygen atoms in total. The number of hydrogen-bond acceptors (Lipinski definition) is 4. The molecule has 31 heavy (non-hydrogen) atoms. The van der Waals surface area contributed by atoms with Gasteiger partial charge in [-0.2, -0.15) is 0 Å². The smallest absolute Gasteiger partial charge is 0.414 e. The summed E-state index contributed by atoms with van der Waals surface area (Å²) in [5.41, 5.74) is 4.10. The van der Waals surface area contributed by atoms with E-state index in [1.54, 1.807) is 12.1 Å². The van der Waals surface area contributed by atoms with Crippen LogP contribution >= 0.6 is 0 Å². The Bertz CT molecular complexity index is 1330. The maximum atomic E-state index is 13.0. The number of carbonyl (C=O) groups is 1. The summed E-state index contributed by atoms with van der Waals surface area (Å²) in [7, 11) is 0. The standard InChI is InChI=1S/C25H20N2O4/c28-15-19-14-27(25(30)31-19)18-11-10-17-12-23(26-24(29)22(17)13-18)21-9-5-4-8-20(21)16-6-2-1-3-7-16/h1-13,19,28H,14-15H2,(H,26,29)/t19-/m1/s1. The van der Waals surface area contributed by atoms with Crippen LogP contribution in [0.1, 0.15) is 0 Å². The van der Waals surface area contributed by atoms with Crippen LogP contribution in [0.3, 0.4) is 0 Å². The van der Waals surface area contributed by atoms with Crippen molar-refractivity contribution in [3.63, 3.8) is 0 Å². The number of rotatable bonds is 4. The van der Waals surface area contributed by atoms with Crippen LogP contribution in [0.5, 0.6) is 0 Å². The molecule has 5 rings (SSSR count). The Morgan fingerprint density at radius 2 is 1.68 bits per heavy atom. The minimum atomic E-state index is -0.557. The number of anilines is 1. The van der Waals surface area contributed by atoms with Crippen LogP contribution < -0.4 is 10.5 Å². The first-order valence-electron chi connectivity index (χ1n) is 10.0. The molecule has 2 heterocycles. The average molecular weight is 412 g/mol. The Kier molecular flexibility index (Phi) is 4.76. The van der Waals surface area contributed by atoms with Crippen molar-refractivity contribution in [1.29, 1.82) is 0 Å². The Morgan fingerprint density at radius 3 is 2.42 bits per heavy atom. The van der Waals surface area contributed by atoms with Gasteiger partial charge in [-0.3, -0.25) is 9.69 Å². The highest BCUT2D eigenvalue weighted by molar-refractivity contribution is 5.95. The van der Waals surface area contributed by atoms with E-state index in [1.807, 2.05) is 66.7 Å². The summed E-state index contributed by atoms with van der Waals surface area (Å²) in [4.78, 5) is 29.5. The number of benzene rings is 3. The molecule has 1 amide bonds. The SMILES string of the molecule is O=C1O[C@@H](CO)CN1c1ccc2cc(-c3ccccc3-c3ccccc3)[nH]c(=O)c2c1. The summed E-state index contributed by atoms with van der Waals surface area (Å²) in [6.45, 7) is 0.0157. The number of amides is 1. The Morgan fingerprint density at radius 1 is 0.935 bits per heavy atom. The maximum absolute atomic E-state index is 13.0. The number of aliphatic hydroxyl groups is 1. The van der Waals surface area contributed by atoms with E-state index >= 15 is 0 Å². The number of carbonyl (C=O) groups excluding carboxylic acids is 1. The molecular weight excluding hydrogens is 392 g/mol. The van der Waals surface area contributed by atoms with Crippen molar-refractivity contribution in [2.45, 2.75) is 6.10 Å². The Hall–Kier alpha value is -3.90. The first kappa shape index (κ1) is 19.1. The van der Waals surface area contributed by atoms with Crippen LogP contribution in [0, 0.1) is 0 Å². The van der Waals surface area contributed by atoms with Crippen LogP contribution in [0.4, 0.5) is 10.5 Å². The van der Waals surface area contributed by atoms with Crippen molar-refractivity contribution < 1.29 is 14.6 Å². The molecule has 1 fully saturated rings. The second-order valence-corrected chi connectivity index (χ2v) is 7.49. The van der Waals surface area contributed by atoms with Gasteiger partial charge in [0.2, 0.25) is 0 Å². The number of hydrogen-bond donors (Lipinski definition) is 2. The fraction of sp³-hybridized carbons (Fsp3) is 0.120. The third kappa shape index (κ3) is 3.47. The topological polar surface area (TPSA) is 82.6 Å². The number of ether oxygens (including phenoxy) is 1. The number of fused-ring (bicyclic) bond motifs is 1. The molecule has 1 aromatic heterocycles. The number of aromatic nitrogens is 1. The third-order valence-corrected chi connectivity index (χ3v) is 5.52. The second kappa shape index (κ2) is 7.74. The number of pyridine rings is 1. The van der Waals surface area contributed by atoms with Gasteiger partial charge in [0.15, 0.2) is 0 Å². The van der Waals surface area contributed by atoms with Gasteiger partial charge in [-0.15, -0.1) is 0 Å². The number of nitrogens with one attached hydrogen (secondary N) is 1. The molecule has 3 aromatic carbocycles. The lowest BCUT2D eigenvalue weighted by atomic mass is 9.96. The summed E-state index contributed by atoms with van der Waals surface area (Å²) in [5, 5.41) is 10.5. The van der Waals surface area contributed by atoms with Crippen LogP contribution in [0.25, 0.3) is 33.2 Å². The molecular formula is C25H20N2O4. The van der Waals surface area contributed by atoms with E-state index < -0.39 is 12.2 Å². The zero-order valence-electron chi connectivity index (χ0n) is 16.6. The monoisotopic (exact) mass is 412 g/mol. The predicted octanol–water partition coefficient (Wildman–Crippen LogP) is 4.18. The maximum Gasteiger partial charge on any atom is 0.414 e. The molecule has 1 atom stereocenters. The van der Waals surface area contributed by atoms with Crippen LogP contribution in [0.15, 0.2) is 83.7 Å². The van der Waals surface area contributed by atoms with Gasteiger partial charge in [-0.1, -0.05) is 60.7 Å². The van der Waals surface area contributed by atoms with E-state index in [0.29, 0.717) is 11.1 Å². The third-order valence-electron chi connectivity index (χ3n) is 5.52. The molecule has 6 heteroatoms. The number of aromatic amines is 1. The minimum Gasteiger partial charge on any atom is -0.441 e. The molecule has 0 unspecified atom stereocenters. The number of nitrogens with zero attached hydrogens (tertiary/aromatic N) is 1. The van der Waals surface area contributed by atoms with Crippen LogP contribution in [-0.4, -0.2) is 35.4 Å². The van der Waals surface area contributed by atoms with Gasteiger partial charge >= 0.3 is 6.09 Å². The molecule has 154 valence electrons. The Labute approximate surface area is 178 Å². The first-order chi connectivity index (χ1) is 15.1. The normalized spacial score (nSPS) is 16.0. The molecule has 0 bridgehead atoms. The zero-order valence-corrected chi connectivity index (χ0v) is 16.6. The summed E-state index contributed by atoms with van der Waals surface area (Å²) < 4.78 is 5.10. The predicted molar refractivity (Wildman–Crippen MR) is 120 cm³/mol. The fourth-order valence-corrected chi connectivity index (χ4v) is 3.98. The van der Waals surface area contributed by atoms with E-state index in [-0.39, 0.29) is 18.7 Å². The van der Waals surface area contributed by atoms with Gasteiger partial charge in [-0.25, -0.2) is 4.79 Å². The molecule has 2 N–H and O–H groups in total. The van der Waals surface area contributed by atoms with E-state index in [0.717, 1.165) is 27.8 Å². The highest BCUT2D eigenvalue weighted by atomic mass is 16.6. The van der Waals surface area contributed by atoms with E-state index in [9.17, 15) is 14.7 Å². The van der Waals surface area contributed by atoms with Crippen LogP contribution in [0.2, 0.25) is 0 Å². The van der Waals surface area contributed by atoms with Crippen molar-refractivity contribution in [3.05, 3.63) is 89.2 Å². The van der Waals surface area contributed by atoms with Gasteiger partial charge < -0.3 is 14.8 Å². The van der Waals surface area contributed by atoms with Gasteiger partial charge in [-0.05, 0) is 34.7 Å². The van der Waals surface area contributed by atoms with Crippen molar-refractivity contribution in [2.24, 2.45) is 0 Å². The summed E-state index contributed by atoms with van der Waals surface area (Å²) in [6.07, 6.45) is -1.08. The van der Waals surface area contributed by atoms with E-state index in [4.69, 9.17) is 4.74 Å². The molecule has 1 aliphatic rings. The lowest BCUT2D eigenvalue weighted by Crippen LogP contribution is -2.25. The number of cyclic esters (lactones) is 1. The summed E-state index contributed by atoms with van der Waals surface area (Å²) in [6, 6.07) is 25.2. The molecule has 0 spiro atoms. The largest absolute Gasteiger partial charge is 0.441 e. The highest BCUT2D eigenvalue weighted by Gasteiger charge is 2.32. The van der Waals surface area contributed by atoms with E-state index in [1.165, 1.54) is 4.90 Å². The van der Waals surface area contributed by atoms with Crippen molar-refractivity contribution >= 4 is 22.6 Å². The zero-order chi connectivity index (χ0) is 21.4. The Balaban J connectivity index is 1.58. The number of H-pyrrole nitrogens is 1. The minimum absolute atomic E-state index is 0.233. The molecule has 0 radical (unpaired) electrons. The average Bonchev–Trinajstić information content (AvgIpc) is 3.20. The molecule has 1 saturated heterocycles. The van der Waals surface area contributed by atoms with Crippen molar-refractivity contribution in [1.82, 2.24) is 4.98 Å². The highest BCUT2D eigenvalue weighted by Crippen LogP contribution is 2.32. The molecule has 1 aliphatic heterocycles. The van der Waals surface area contributed by atoms with E-state index in [2.05, 4.69) is 4.98 Å². The second-order valence-electron chi connectivity index (χ2n) is 7.49. The van der Waals surface area contributed by atoms with Crippen molar-refractivity contribution in [2.75, 3.05) is 18.1 Å². The van der Waals surface area contributed by atoms with Gasteiger partial charge in [0, 0.05) is 22.3 Å². The number of aliphatic hydroxyl groups excluding tert-OH is 1. The lowest BCUT2D eigenvalue weighted by Gasteiger charge is -2.14. The van der Waals surface area contributed by atoms with Gasteiger partial charge in [0.1, 0.15) is 6.10 Å². The first-order valence-corrected chi connectivity index (χ1v) is 10.0. The van der Waals surface area contributed by atoms with Crippen LogP contribution in [-0.2, 0) is 4.74 Å². The summed E-state index contributed by atoms with van der Waals surface area (Å²) in [5.74, 6) is 0. The van der Waals surface area contributed by atoms with Gasteiger partial charge in [0.25, 0.3) is 5.56 Å². The lowest BCUT2D eigenvalue weighted by molar-refractivity contribution is 0.0963. The molecule has 4 aromatic rings.